The van der Waals surface area contributed by atoms with Crippen molar-refractivity contribution in [3.05, 3.63) is 28.2 Å². The van der Waals surface area contributed by atoms with Gasteiger partial charge in [0.25, 0.3) is 0 Å². The summed E-state index contributed by atoms with van der Waals surface area (Å²) in [4.78, 5) is 0. The maximum absolute atomic E-state index is 5.81. The van der Waals surface area contributed by atoms with E-state index in [0.29, 0.717) is 6.04 Å². The molecule has 0 spiro atoms. The normalized spacial score (nSPS) is 12.8. The van der Waals surface area contributed by atoms with Gasteiger partial charge in [0.1, 0.15) is 5.75 Å². The summed E-state index contributed by atoms with van der Waals surface area (Å²) < 4.78 is 6.90. The fourth-order valence-corrected chi connectivity index (χ4v) is 1.89. The third kappa shape index (κ3) is 5.09. The molecule has 1 aromatic carbocycles. The lowest BCUT2D eigenvalue weighted by Crippen LogP contribution is -2.25. The molecular weight excluding hydrogens is 278 g/mol. The second-order valence-corrected chi connectivity index (χ2v) is 5.52. The van der Waals surface area contributed by atoms with Crippen molar-refractivity contribution in [2.75, 3.05) is 0 Å². The monoisotopic (exact) mass is 299 g/mol. The number of rotatable bonds is 6. The Balaban J connectivity index is 2.76. The van der Waals surface area contributed by atoms with E-state index in [4.69, 9.17) is 4.74 Å². The Labute approximate surface area is 113 Å². The molecule has 0 aromatic heterocycles. The minimum atomic E-state index is 0.207. The van der Waals surface area contributed by atoms with Gasteiger partial charge in [-0.2, -0.15) is 0 Å². The summed E-state index contributed by atoms with van der Waals surface area (Å²) >= 11 is 3.50. The number of halogens is 1. The average molecular weight is 300 g/mol. The largest absolute Gasteiger partial charge is 0.491 e. The predicted molar refractivity (Wildman–Crippen MR) is 76.5 cm³/mol. The molecule has 0 bridgehead atoms. The Hall–Kier alpha value is -0.540. The summed E-state index contributed by atoms with van der Waals surface area (Å²) in [6.45, 7) is 9.32. The molecule has 0 heterocycles. The lowest BCUT2D eigenvalue weighted by Gasteiger charge is -2.17. The molecule has 3 heteroatoms. The van der Waals surface area contributed by atoms with Crippen LogP contribution in [0.3, 0.4) is 0 Å². The first-order valence-corrected chi connectivity index (χ1v) is 7.00. The molecule has 96 valence electrons. The van der Waals surface area contributed by atoms with Crippen LogP contribution in [0.15, 0.2) is 22.7 Å². The summed E-state index contributed by atoms with van der Waals surface area (Å²) in [5.41, 5.74) is 1.20. The quantitative estimate of drug-likeness (QED) is 0.853. The second-order valence-electron chi connectivity index (χ2n) is 4.61. The van der Waals surface area contributed by atoms with E-state index in [1.165, 1.54) is 5.56 Å². The van der Waals surface area contributed by atoms with Crippen LogP contribution in [-0.2, 0) is 6.54 Å². The maximum Gasteiger partial charge on any atom is 0.124 e. The summed E-state index contributed by atoms with van der Waals surface area (Å²) in [7, 11) is 0. The standard InChI is InChI=1S/C14H22BrNO/c1-5-11(4)16-9-12-8-13(15)6-7-14(12)17-10(2)3/h6-8,10-11,16H,5,9H2,1-4H3/t11-/m0/s1. The first kappa shape index (κ1) is 14.5. The Morgan fingerprint density at radius 1 is 1.29 bits per heavy atom. The lowest BCUT2D eigenvalue weighted by atomic mass is 10.1. The van der Waals surface area contributed by atoms with Crippen molar-refractivity contribution < 1.29 is 4.74 Å². The molecule has 0 unspecified atom stereocenters. The van der Waals surface area contributed by atoms with Crippen LogP contribution in [0.4, 0.5) is 0 Å². The van der Waals surface area contributed by atoms with Gasteiger partial charge in [0.15, 0.2) is 0 Å². The Kier molecular flexibility index (Phi) is 6.00. The van der Waals surface area contributed by atoms with E-state index in [-0.39, 0.29) is 6.10 Å². The zero-order valence-electron chi connectivity index (χ0n) is 11.1. The van der Waals surface area contributed by atoms with E-state index < -0.39 is 0 Å². The first-order chi connectivity index (χ1) is 8.02. The minimum absolute atomic E-state index is 0.207. The average Bonchev–Trinajstić information content (AvgIpc) is 2.28. The number of benzene rings is 1. The van der Waals surface area contributed by atoms with Gasteiger partial charge in [-0.1, -0.05) is 22.9 Å². The van der Waals surface area contributed by atoms with E-state index in [1.807, 2.05) is 26.0 Å². The molecule has 17 heavy (non-hydrogen) atoms. The summed E-state index contributed by atoms with van der Waals surface area (Å²) in [6, 6.07) is 6.69. The van der Waals surface area contributed by atoms with Crippen molar-refractivity contribution in [3.8, 4) is 5.75 Å². The zero-order chi connectivity index (χ0) is 12.8. The van der Waals surface area contributed by atoms with Crippen LogP contribution in [0.1, 0.15) is 39.7 Å². The van der Waals surface area contributed by atoms with Gasteiger partial charge in [-0.3, -0.25) is 0 Å². The van der Waals surface area contributed by atoms with Crippen LogP contribution >= 0.6 is 15.9 Å². The van der Waals surface area contributed by atoms with Gasteiger partial charge in [0.2, 0.25) is 0 Å². The van der Waals surface area contributed by atoms with Crippen molar-refractivity contribution in [1.82, 2.24) is 5.32 Å². The fourth-order valence-electron chi connectivity index (χ4n) is 1.48. The summed E-state index contributed by atoms with van der Waals surface area (Å²) in [5.74, 6) is 0.971. The van der Waals surface area contributed by atoms with Crippen LogP contribution in [0.2, 0.25) is 0 Å². The SMILES string of the molecule is CC[C@H](C)NCc1cc(Br)ccc1OC(C)C. The van der Waals surface area contributed by atoms with Crippen LogP contribution in [-0.4, -0.2) is 12.1 Å². The molecule has 1 N–H and O–H groups in total. The van der Waals surface area contributed by atoms with Gasteiger partial charge in [0, 0.05) is 22.6 Å². The highest BCUT2D eigenvalue weighted by Crippen LogP contribution is 2.24. The number of nitrogens with one attached hydrogen (secondary N) is 1. The second kappa shape index (κ2) is 7.02. The molecular formula is C14H22BrNO. The first-order valence-electron chi connectivity index (χ1n) is 6.21. The molecule has 0 aliphatic heterocycles. The Bertz CT molecular complexity index is 352. The van der Waals surface area contributed by atoms with Gasteiger partial charge in [-0.25, -0.2) is 0 Å². The minimum Gasteiger partial charge on any atom is -0.491 e. The van der Waals surface area contributed by atoms with E-state index in [2.05, 4.69) is 41.2 Å². The number of ether oxygens (including phenoxy) is 1. The van der Waals surface area contributed by atoms with Gasteiger partial charge < -0.3 is 10.1 Å². The van der Waals surface area contributed by atoms with Crippen LogP contribution in [0.5, 0.6) is 5.75 Å². The van der Waals surface area contributed by atoms with Gasteiger partial charge in [-0.05, 0) is 45.4 Å². The van der Waals surface area contributed by atoms with Gasteiger partial charge >= 0.3 is 0 Å². The van der Waals surface area contributed by atoms with Crippen molar-refractivity contribution >= 4 is 15.9 Å². The van der Waals surface area contributed by atoms with Crippen molar-refractivity contribution in [1.29, 1.82) is 0 Å². The molecule has 0 saturated heterocycles. The molecule has 0 saturated carbocycles. The smallest absolute Gasteiger partial charge is 0.124 e. The maximum atomic E-state index is 5.81. The van der Waals surface area contributed by atoms with Crippen LogP contribution < -0.4 is 10.1 Å². The number of hydrogen-bond acceptors (Lipinski definition) is 2. The molecule has 0 aliphatic rings. The highest BCUT2D eigenvalue weighted by Gasteiger charge is 2.07. The predicted octanol–water partition coefficient (Wildman–Crippen LogP) is 4.12. The molecule has 0 radical (unpaired) electrons. The lowest BCUT2D eigenvalue weighted by molar-refractivity contribution is 0.239. The molecule has 2 nitrogen and oxygen atoms in total. The third-order valence-electron chi connectivity index (χ3n) is 2.64. The zero-order valence-corrected chi connectivity index (χ0v) is 12.7. The van der Waals surface area contributed by atoms with E-state index in [1.54, 1.807) is 0 Å². The van der Waals surface area contributed by atoms with Gasteiger partial charge in [0.05, 0.1) is 6.10 Å². The molecule has 0 fully saturated rings. The molecule has 0 aliphatic carbocycles. The van der Waals surface area contributed by atoms with Crippen molar-refractivity contribution in [2.24, 2.45) is 0 Å². The topological polar surface area (TPSA) is 21.3 Å². The van der Waals surface area contributed by atoms with E-state index in [0.717, 1.165) is 23.2 Å². The van der Waals surface area contributed by atoms with E-state index in [9.17, 15) is 0 Å². The van der Waals surface area contributed by atoms with Crippen LogP contribution in [0, 0.1) is 0 Å². The third-order valence-corrected chi connectivity index (χ3v) is 3.13. The fraction of sp³-hybridized carbons (Fsp3) is 0.571. The van der Waals surface area contributed by atoms with Crippen LogP contribution in [0.25, 0.3) is 0 Å². The van der Waals surface area contributed by atoms with Crippen molar-refractivity contribution in [2.45, 2.75) is 52.8 Å². The highest BCUT2D eigenvalue weighted by atomic mass is 79.9. The number of hydrogen-bond donors (Lipinski definition) is 1. The van der Waals surface area contributed by atoms with Gasteiger partial charge in [-0.15, -0.1) is 0 Å². The highest BCUT2D eigenvalue weighted by molar-refractivity contribution is 9.10. The summed E-state index contributed by atoms with van der Waals surface area (Å²) in [5, 5.41) is 3.49. The Morgan fingerprint density at radius 2 is 2.00 bits per heavy atom. The Morgan fingerprint density at radius 3 is 2.59 bits per heavy atom. The molecule has 1 aromatic rings. The van der Waals surface area contributed by atoms with Crippen molar-refractivity contribution in [3.63, 3.8) is 0 Å². The van der Waals surface area contributed by atoms with E-state index >= 15 is 0 Å². The molecule has 0 amide bonds. The molecule has 1 rings (SSSR count). The summed E-state index contributed by atoms with van der Waals surface area (Å²) in [6.07, 6.45) is 1.34. The molecule has 1 atom stereocenters.